The minimum atomic E-state index is 0.443. The van der Waals surface area contributed by atoms with E-state index in [1.54, 1.807) is 0 Å². The third-order valence-corrected chi connectivity index (χ3v) is 5.73. The molecule has 3 nitrogen and oxygen atoms in total. The second kappa shape index (κ2) is 7.01. The van der Waals surface area contributed by atoms with Crippen molar-refractivity contribution in [1.29, 1.82) is 0 Å². The molecule has 1 aromatic rings. The van der Waals surface area contributed by atoms with Crippen molar-refractivity contribution in [2.75, 3.05) is 39.5 Å². The van der Waals surface area contributed by atoms with Gasteiger partial charge in [-0.25, -0.2) is 0 Å². The average molecular weight is 303 g/mol. The molecule has 0 radical (unpaired) electrons. The number of hydrogen-bond acceptors (Lipinski definition) is 3. The summed E-state index contributed by atoms with van der Waals surface area (Å²) in [5.74, 6) is 2.61. The van der Waals surface area contributed by atoms with Gasteiger partial charge in [-0.1, -0.05) is 32.0 Å². The van der Waals surface area contributed by atoms with Crippen molar-refractivity contribution in [1.82, 2.24) is 4.90 Å². The molecule has 1 saturated heterocycles. The van der Waals surface area contributed by atoms with E-state index in [0.717, 1.165) is 50.5 Å². The first-order chi connectivity index (χ1) is 10.7. The smallest absolute Gasteiger partial charge is 0.119 e. The van der Waals surface area contributed by atoms with Gasteiger partial charge >= 0.3 is 0 Å². The van der Waals surface area contributed by atoms with Crippen LogP contribution in [0.3, 0.4) is 0 Å². The molecule has 0 spiro atoms. The Bertz CT molecular complexity index is 454. The number of benzene rings is 1. The van der Waals surface area contributed by atoms with E-state index in [1.165, 1.54) is 19.4 Å². The molecular weight excluding hydrogens is 274 g/mol. The van der Waals surface area contributed by atoms with Crippen LogP contribution >= 0.6 is 0 Å². The van der Waals surface area contributed by atoms with Crippen LogP contribution in [0, 0.1) is 17.3 Å². The molecule has 122 valence electrons. The quantitative estimate of drug-likeness (QED) is 0.803. The first-order valence-electron chi connectivity index (χ1n) is 8.64. The molecule has 1 saturated carbocycles. The largest absolute Gasteiger partial charge is 0.494 e. The van der Waals surface area contributed by atoms with E-state index >= 15 is 0 Å². The Balaban J connectivity index is 1.40. The predicted molar refractivity (Wildman–Crippen MR) is 89.2 cm³/mol. The summed E-state index contributed by atoms with van der Waals surface area (Å²) in [4.78, 5) is 2.58. The van der Waals surface area contributed by atoms with E-state index in [2.05, 4.69) is 18.7 Å². The Hall–Kier alpha value is -1.06. The lowest BCUT2D eigenvalue weighted by molar-refractivity contribution is -0.0638. The normalized spacial score (nSPS) is 28.1. The molecule has 1 heterocycles. The van der Waals surface area contributed by atoms with Gasteiger partial charge in [0.05, 0.1) is 19.8 Å². The molecule has 2 aliphatic rings. The Kier molecular flexibility index (Phi) is 5.04. The highest BCUT2D eigenvalue weighted by Crippen LogP contribution is 2.53. The fourth-order valence-electron chi connectivity index (χ4n) is 3.85. The third kappa shape index (κ3) is 3.64. The van der Waals surface area contributed by atoms with E-state index in [-0.39, 0.29) is 0 Å². The van der Waals surface area contributed by atoms with Crippen molar-refractivity contribution >= 4 is 0 Å². The Morgan fingerprint density at radius 3 is 2.55 bits per heavy atom. The summed E-state index contributed by atoms with van der Waals surface area (Å²) in [7, 11) is 0. The minimum absolute atomic E-state index is 0.443. The molecule has 1 aliphatic carbocycles. The van der Waals surface area contributed by atoms with E-state index in [1.807, 2.05) is 30.3 Å². The fraction of sp³-hybridized carbons (Fsp3) is 0.684. The number of morpholine rings is 1. The molecule has 2 atom stereocenters. The molecule has 0 bridgehead atoms. The summed E-state index contributed by atoms with van der Waals surface area (Å²) in [6.45, 7) is 11.0. The Morgan fingerprint density at radius 1 is 1.14 bits per heavy atom. The molecule has 0 N–H and O–H groups in total. The molecule has 1 aromatic carbocycles. The van der Waals surface area contributed by atoms with Crippen LogP contribution in [0.15, 0.2) is 30.3 Å². The summed E-state index contributed by atoms with van der Waals surface area (Å²) < 4.78 is 11.3. The Labute approximate surface area is 134 Å². The van der Waals surface area contributed by atoms with Crippen LogP contribution in [-0.2, 0) is 4.74 Å². The van der Waals surface area contributed by atoms with Crippen LogP contribution in [0.4, 0.5) is 0 Å². The molecule has 3 heteroatoms. The van der Waals surface area contributed by atoms with Gasteiger partial charge in [0.2, 0.25) is 0 Å². The summed E-state index contributed by atoms with van der Waals surface area (Å²) in [5, 5.41) is 0. The third-order valence-electron chi connectivity index (χ3n) is 5.73. The van der Waals surface area contributed by atoms with Gasteiger partial charge in [0, 0.05) is 19.6 Å². The number of hydrogen-bond donors (Lipinski definition) is 0. The molecule has 3 rings (SSSR count). The van der Waals surface area contributed by atoms with Crippen molar-refractivity contribution in [3.63, 3.8) is 0 Å². The van der Waals surface area contributed by atoms with Crippen molar-refractivity contribution in [3.05, 3.63) is 30.3 Å². The molecule has 22 heavy (non-hydrogen) atoms. The van der Waals surface area contributed by atoms with Crippen LogP contribution in [-0.4, -0.2) is 44.4 Å². The zero-order chi connectivity index (χ0) is 15.4. The van der Waals surface area contributed by atoms with Crippen molar-refractivity contribution in [2.24, 2.45) is 17.3 Å². The molecule has 2 fully saturated rings. The summed E-state index contributed by atoms with van der Waals surface area (Å²) in [6.07, 6.45) is 2.52. The van der Waals surface area contributed by atoms with Gasteiger partial charge < -0.3 is 9.47 Å². The van der Waals surface area contributed by atoms with E-state index in [0.29, 0.717) is 5.41 Å². The van der Waals surface area contributed by atoms with E-state index < -0.39 is 0 Å². The highest BCUT2D eigenvalue weighted by Gasteiger charge is 2.47. The average Bonchev–Trinajstić information content (AvgIpc) is 2.55. The van der Waals surface area contributed by atoms with Gasteiger partial charge in [-0.2, -0.15) is 0 Å². The lowest BCUT2D eigenvalue weighted by Gasteiger charge is -2.54. The van der Waals surface area contributed by atoms with Gasteiger partial charge in [-0.05, 0) is 42.2 Å². The zero-order valence-electron chi connectivity index (χ0n) is 14.0. The number of para-hydroxylation sites is 1. The predicted octanol–water partition coefficient (Wildman–Crippen LogP) is 3.45. The summed E-state index contributed by atoms with van der Waals surface area (Å²) in [5.41, 5.74) is 0.443. The van der Waals surface area contributed by atoms with Gasteiger partial charge in [-0.3, -0.25) is 4.90 Å². The maximum atomic E-state index is 5.86. The van der Waals surface area contributed by atoms with E-state index in [4.69, 9.17) is 9.47 Å². The first kappa shape index (κ1) is 15.8. The maximum Gasteiger partial charge on any atom is 0.119 e. The van der Waals surface area contributed by atoms with Crippen LogP contribution in [0.2, 0.25) is 0 Å². The second-order valence-corrected chi connectivity index (χ2v) is 7.31. The fourth-order valence-corrected chi connectivity index (χ4v) is 3.85. The molecule has 0 aromatic heterocycles. The number of ether oxygens (including phenoxy) is 2. The SMILES string of the molecule is CC1(C)C(CN2CCOCC2)C[C@@H]1CCOc1ccccc1. The van der Waals surface area contributed by atoms with Crippen molar-refractivity contribution in [2.45, 2.75) is 26.7 Å². The first-order valence-corrected chi connectivity index (χ1v) is 8.64. The highest BCUT2D eigenvalue weighted by atomic mass is 16.5. The van der Waals surface area contributed by atoms with Crippen LogP contribution < -0.4 is 4.74 Å². The molecule has 0 amide bonds. The summed E-state index contributed by atoms with van der Waals surface area (Å²) >= 11 is 0. The van der Waals surface area contributed by atoms with Gasteiger partial charge in [-0.15, -0.1) is 0 Å². The highest BCUT2D eigenvalue weighted by molar-refractivity contribution is 5.20. The standard InChI is InChI=1S/C19H29NO2/c1-19(2)16(8-11-22-18-6-4-3-5-7-18)14-17(19)15-20-9-12-21-13-10-20/h3-7,16-17H,8-15H2,1-2H3/t16-,17?/m0/s1. The lowest BCUT2D eigenvalue weighted by Crippen LogP contribution is -2.52. The van der Waals surface area contributed by atoms with Crippen LogP contribution in [0.25, 0.3) is 0 Å². The van der Waals surface area contributed by atoms with Gasteiger partial charge in [0.25, 0.3) is 0 Å². The van der Waals surface area contributed by atoms with Crippen molar-refractivity contribution < 1.29 is 9.47 Å². The van der Waals surface area contributed by atoms with Crippen LogP contribution in [0.5, 0.6) is 5.75 Å². The minimum Gasteiger partial charge on any atom is -0.494 e. The monoisotopic (exact) mass is 303 g/mol. The van der Waals surface area contributed by atoms with E-state index in [9.17, 15) is 0 Å². The molecule has 1 unspecified atom stereocenters. The van der Waals surface area contributed by atoms with Crippen molar-refractivity contribution in [3.8, 4) is 5.75 Å². The molecular formula is C19H29NO2. The topological polar surface area (TPSA) is 21.7 Å². The van der Waals surface area contributed by atoms with Crippen LogP contribution in [0.1, 0.15) is 26.7 Å². The zero-order valence-corrected chi connectivity index (χ0v) is 14.0. The van der Waals surface area contributed by atoms with Gasteiger partial charge in [0.1, 0.15) is 5.75 Å². The maximum absolute atomic E-state index is 5.86. The second-order valence-electron chi connectivity index (χ2n) is 7.31. The molecule has 1 aliphatic heterocycles. The lowest BCUT2D eigenvalue weighted by atomic mass is 9.53. The van der Waals surface area contributed by atoms with Gasteiger partial charge in [0.15, 0.2) is 0 Å². The number of nitrogens with zero attached hydrogens (tertiary/aromatic N) is 1. The Morgan fingerprint density at radius 2 is 1.86 bits per heavy atom. The number of rotatable bonds is 6. The summed E-state index contributed by atoms with van der Waals surface area (Å²) in [6, 6.07) is 10.2.